The smallest absolute Gasteiger partial charge is 0.280 e. The van der Waals surface area contributed by atoms with Crippen LogP contribution in [0.25, 0.3) is 0 Å². The topological polar surface area (TPSA) is 99.4 Å². The molecule has 0 aliphatic rings. The molecule has 0 atom stereocenters. The fourth-order valence-corrected chi connectivity index (χ4v) is 1.53. The Morgan fingerprint density at radius 1 is 1.40 bits per heavy atom. The number of methoxy groups -OCH3 is 2. The maximum Gasteiger partial charge on any atom is 0.280 e. The van der Waals surface area contributed by atoms with E-state index in [1.54, 1.807) is 0 Å². The van der Waals surface area contributed by atoms with Crippen LogP contribution in [-0.2, 0) is 11.3 Å². The third-order valence-electron chi connectivity index (χ3n) is 2.18. The molecule has 1 N–H and O–H groups in total. The number of hydrogen-bond donors (Lipinski definition) is 1. The van der Waals surface area contributed by atoms with E-state index in [4.69, 9.17) is 25.6 Å². The zero-order valence-electron chi connectivity index (χ0n) is 10.7. The zero-order valence-corrected chi connectivity index (χ0v) is 11.5. The van der Waals surface area contributed by atoms with Gasteiger partial charge in [0.25, 0.3) is 5.91 Å². The molecule has 2 aromatic rings. The highest BCUT2D eigenvalue weighted by Gasteiger charge is 2.15. The van der Waals surface area contributed by atoms with E-state index >= 15 is 0 Å². The van der Waals surface area contributed by atoms with Crippen molar-refractivity contribution in [2.75, 3.05) is 19.5 Å². The van der Waals surface area contributed by atoms with E-state index in [-0.39, 0.29) is 29.3 Å². The molecule has 2 rings (SSSR count). The van der Waals surface area contributed by atoms with Crippen LogP contribution in [0.15, 0.2) is 16.7 Å². The maximum atomic E-state index is 11.9. The second kappa shape index (κ2) is 6.31. The fraction of sp³-hybridized carbons (Fsp3) is 0.273. The molecular weight excluding hydrogens is 288 g/mol. The van der Waals surface area contributed by atoms with Crippen LogP contribution in [0.4, 0.5) is 5.95 Å². The maximum absolute atomic E-state index is 11.9. The summed E-state index contributed by atoms with van der Waals surface area (Å²) in [6.07, 6.45) is 0. The van der Waals surface area contributed by atoms with Crippen LogP contribution < -0.4 is 10.1 Å². The Morgan fingerprint density at radius 2 is 2.20 bits per heavy atom. The second-order valence-electron chi connectivity index (χ2n) is 3.62. The highest BCUT2D eigenvalue weighted by Crippen LogP contribution is 2.16. The van der Waals surface area contributed by atoms with Crippen molar-refractivity contribution < 1.29 is 18.8 Å². The van der Waals surface area contributed by atoms with Gasteiger partial charge in [-0.25, -0.2) is 4.98 Å². The molecule has 2 aromatic heterocycles. The van der Waals surface area contributed by atoms with Crippen LogP contribution in [0.3, 0.4) is 0 Å². The first kappa shape index (κ1) is 14.2. The number of nitrogens with one attached hydrogen (secondary N) is 1. The summed E-state index contributed by atoms with van der Waals surface area (Å²) in [4.78, 5) is 19.7. The summed E-state index contributed by atoms with van der Waals surface area (Å²) < 4.78 is 14.7. The largest absolute Gasteiger partial charge is 0.481 e. The van der Waals surface area contributed by atoms with Gasteiger partial charge in [-0.05, 0) is 0 Å². The van der Waals surface area contributed by atoms with Crippen molar-refractivity contribution in [2.24, 2.45) is 0 Å². The van der Waals surface area contributed by atoms with Gasteiger partial charge in [-0.1, -0.05) is 16.8 Å². The lowest BCUT2D eigenvalue weighted by Crippen LogP contribution is -2.14. The summed E-state index contributed by atoms with van der Waals surface area (Å²) in [7, 11) is 2.94. The summed E-state index contributed by atoms with van der Waals surface area (Å²) in [6.45, 7) is 0.224. The summed E-state index contributed by atoms with van der Waals surface area (Å²) in [5.41, 5.74) is 0.0830. The molecule has 8 nitrogen and oxygen atoms in total. The summed E-state index contributed by atoms with van der Waals surface area (Å²) in [5, 5.41) is 6.20. The molecule has 0 aromatic carbocycles. The van der Waals surface area contributed by atoms with E-state index in [1.807, 2.05) is 0 Å². The van der Waals surface area contributed by atoms with Crippen molar-refractivity contribution in [1.29, 1.82) is 0 Å². The molecule has 0 aliphatic carbocycles. The molecule has 0 radical (unpaired) electrons. The van der Waals surface area contributed by atoms with E-state index in [0.29, 0.717) is 5.76 Å². The molecule has 20 heavy (non-hydrogen) atoms. The van der Waals surface area contributed by atoms with Gasteiger partial charge < -0.3 is 14.0 Å². The highest BCUT2D eigenvalue weighted by atomic mass is 35.5. The lowest BCUT2D eigenvalue weighted by Gasteiger charge is -2.04. The number of carbonyl (C=O) groups is 1. The van der Waals surface area contributed by atoms with Crippen molar-refractivity contribution in [1.82, 2.24) is 15.1 Å². The van der Waals surface area contributed by atoms with Crippen LogP contribution in [-0.4, -0.2) is 35.3 Å². The van der Waals surface area contributed by atoms with E-state index in [1.165, 1.54) is 26.4 Å². The molecule has 0 saturated heterocycles. The Labute approximate surface area is 119 Å². The van der Waals surface area contributed by atoms with Crippen molar-refractivity contribution in [3.63, 3.8) is 0 Å². The van der Waals surface area contributed by atoms with Crippen LogP contribution in [0, 0.1) is 0 Å². The number of carbonyl (C=O) groups excluding carboxylic acids is 1. The van der Waals surface area contributed by atoms with Gasteiger partial charge >= 0.3 is 0 Å². The standard InChI is InChI=1S/C11H11ClN4O4/c1-18-5-6-3-7(16-20-6)10(17)15-11-13-8(12)4-9(14-11)19-2/h3-4H,5H2,1-2H3,(H,13,14,15,17). The summed E-state index contributed by atoms with van der Waals surface area (Å²) >= 11 is 5.77. The molecule has 0 aliphatic heterocycles. The number of halogens is 1. The summed E-state index contributed by atoms with van der Waals surface area (Å²) in [5.74, 6) is 0.152. The number of amides is 1. The monoisotopic (exact) mass is 298 g/mol. The SMILES string of the molecule is COCc1cc(C(=O)Nc2nc(Cl)cc(OC)n2)no1. The average Bonchev–Trinajstić information content (AvgIpc) is 2.87. The third kappa shape index (κ3) is 3.43. The van der Waals surface area contributed by atoms with Gasteiger partial charge in [0.15, 0.2) is 11.5 Å². The molecule has 1 amide bonds. The van der Waals surface area contributed by atoms with Crippen molar-refractivity contribution in [2.45, 2.75) is 6.61 Å². The second-order valence-corrected chi connectivity index (χ2v) is 4.01. The van der Waals surface area contributed by atoms with Crippen LogP contribution >= 0.6 is 11.6 Å². The van der Waals surface area contributed by atoms with Crippen molar-refractivity contribution in [3.8, 4) is 5.88 Å². The van der Waals surface area contributed by atoms with E-state index in [0.717, 1.165) is 0 Å². The normalized spacial score (nSPS) is 10.3. The van der Waals surface area contributed by atoms with Crippen LogP contribution in [0.2, 0.25) is 5.15 Å². The number of aromatic nitrogens is 3. The van der Waals surface area contributed by atoms with Gasteiger partial charge in [-0.15, -0.1) is 0 Å². The van der Waals surface area contributed by atoms with Gasteiger partial charge in [-0.2, -0.15) is 4.98 Å². The molecule has 106 valence electrons. The zero-order chi connectivity index (χ0) is 14.5. The van der Waals surface area contributed by atoms with E-state index in [9.17, 15) is 4.79 Å². The Hall–Kier alpha value is -2.19. The molecule has 0 fully saturated rings. The fourth-order valence-electron chi connectivity index (χ4n) is 1.35. The Balaban J connectivity index is 2.12. The van der Waals surface area contributed by atoms with Crippen molar-refractivity contribution >= 4 is 23.5 Å². The number of nitrogens with zero attached hydrogens (tertiary/aromatic N) is 3. The minimum atomic E-state index is -0.527. The average molecular weight is 299 g/mol. The van der Waals surface area contributed by atoms with Gasteiger partial charge in [-0.3, -0.25) is 10.1 Å². The first-order valence-corrected chi connectivity index (χ1v) is 5.84. The quantitative estimate of drug-likeness (QED) is 0.835. The van der Waals surface area contributed by atoms with Crippen molar-refractivity contribution in [3.05, 3.63) is 28.7 Å². The number of hydrogen-bond acceptors (Lipinski definition) is 7. The molecule has 9 heteroatoms. The Bertz CT molecular complexity index is 616. The number of ether oxygens (including phenoxy) is 2. The molecule has 0 spiro atoms. The first-order chi connectivity index (χ1) is 9.62. The van der Waals surface area contributed by atoms with Crippen LogP contribution in [0.5, 0.6) is 5.88 Å². The Kier molecular flexibility index (Phi) is 4.49. The predicted octanol–water partition coefficient (Wildman–Crippen LogP) is 1.53. The van der Waals surface area contributed by atoms with Crippen LogP contribution in [0.1, 0.15) is 16.2 Å². The van der Waals surface area contributed by atoms with E-state index in [2.05, 4.69) is 20.4 Å². The molecule has 0 saturated carbocycles. The van der Waals surface area contributed by atoms with Gasteiger partial charge in [0.2, 0.25) is 11.8 Å². The molecule has 2 heterocycles. The van der Waals surface area contributed by atoms with Gasteiger partial charge in [0.1, 0.15) is 11.8 Å². The predicted molar refractivity (Wildman–Crippen MR) is 68.8 cm³/mol. The molecule has 0 bridgehead atoms. The lowest BCUT2D eigenvalue weighted by molar-refractivity contribution is 0.101. The molecular formula is C11H11ClN4O4. The third-order valence-corrected chi connectivity index (χ3v) is 2.38. The highest BCUT2D eigenvalue weighted by molar-refractivity contribution is 6.29. The molecule has 0 unspecified atom stereocenters. The van der Waals surface area contributed by atoms with Gasteiger partial charge in [0, 0.05) is 19.2 Å². The Morgan fingerprint density at radius 3 is 2.90 bits per heavy atom. The minimum Gasteiger partial charge on any atom is -0.481 e. The minimum absolute atomic E-state index is 0.00985. The first-order valence-electron chi connectivity index (χ1n) is 5.47. The lowest BCUT2D eigenvalue weighted by atomic mass is 10.3. The number of anilines is 1. The summed E-state index contributed by atoms with van der Waals surface area (Å²) in [6, 6.07) is 2.88. The number of rotatable bonds is 5. The van der Waals surface area contributed by atoms with E-state index < -0.39 is 5.91 Å². The van der Waals surface area contributed by atoms with Gasteiger partial charge in [0.05, 0.1) is 7.11 Å².